The van der Waals surface area contributed by atoms with Crippen LogP contribution in [0.25, 0.3) is 10.6 Å². The Balaban J connectivity index is 1.80. The Morgan fingerprint density at radius 3 is 2.50 bits per heavy atom. The molecule has 3 nitrogen and oxygen atoms in total. The molecule has 1 heterocycles. The molecule has 0 radical (unpaired) electrons. The summed E-state index contributed by atoms with van der Waals surface area (Å²) in [7, 11) is 0. The molecular weight excluding hydrogens is 292 g/mol. The van der Waals surface area contributed by atoms with Gasteiger partial charge in [0.1, 0.15) is 10.7 Å². The van der Waals surface area contributed by atoms with Crippen molar-refractivity contribution in [2.24, 2.45) is 0 Å². The molecule has 110 valence electrons. The SMILES string of the molecule is Cc1ccc(-c2nc(C(=O)Nc3ccccc3C)cs2)cc1. The molecule has 0 saturated heterocycles. The lowest BCUT2D eigenvalue weighted by Crippen LogP contribution is -2.13. The number of benzene rings is 2. The minimum Gasteiger partial charge on any atom is -0.320 e. The van der Waals surface area contributed by atoms with Crippen molar-refractivity contribution >= 4 is 22.9 Å². The molecule has 0 atom stereocenters. The second-order valence-corrected chi connectivity index (χ2v) is 6.03. The van der Waals surface area contributed by atoms with Crippen molar-refractivity contribution in [3.05, 3.63) is 70.7 Å². The predicted molar refractivity (Wildman–Crippen MR) is 91.4 cm³/mol. The first-order chi connectivity index (χ1) is 10.6. The van der Waals surface area contributed by atoms with Crippen LogP contribution in [0.5, 0.6) is 0 Å². The van der Waals surface area contributed by atoms with Crippen molar-refractivity contribution in [2.75, 3.05) is 5.32 Å². The molecule has 0 aliphatic heterocycles. The van der Waals surface area contributed by atoms with Crippen LogP contribution in [0.1, 0.15) is 21.6 Å². The predicted octanol–water partition coefficient (Wildman–Crippen LogP) is 4.68. The Labute approximate surface area is 133 Å². The van der Waals surface area contributed by atoms with Gasteiger partial charge in [0.05, 0.1) is 0 Å². The molecule has 4 heteroatoms. The smallest absolute Gasteiger partial charge is 0.275 e. The molecule has 3 aromatic rings. The van der Waals surface area contributed by atoms with Gasteiger partial charge in [0, 0.05) is 16.6 Å². The van der Waals surface area contributed by atoms with E-state index in [1.165, 1.54) is 16.9 Å². The largest absolute Gasteiger partial charge is 0.320 e. The highest BCUT2D eigenvalue weighted by atomic mass is 32.1. The van der Waals surface area contributed by atoms with Gasteiger partial charge in [-0.1, -0.05) is 48.0 Å². The molecule has 0 saturated carbocycles. The quantitative estimate of drug-likeness (QED) is 0.763. The molecule has 22 heavy (non-hydrogen) atoms. The Morgan fingerprint density at radius 1 is 1.05 bits per heavy atom. The van der Waals surface area contributed by atoms with Gasteiger partial charge in [0.15, 0.2) is 0 Å². The van der Waals surface area contributed by atoms with Crippen molar-refractivity contribution in [1.82, 2.24) is 4.98 Å². The molecule has 1 aromatic heterocycles. The number of carbonyl (C=O) groups is 1. The number of aromatic nitrogens is 1. The Kier molecular flexibility index (Phi) is 4.02. The van der Waals surface area contributed by atoms with Crippen LogP contribution in [-0.4, -0.2) is 10.9 Å². The van der Waals surface area contributed by atoms with Crippen molar-refractivity contribution in [3.63, 3.8) is 0 Å². The number of aryl methyl sites for hydroxylation is 2. The summed E-state index contributed by atoms with van der Waals surface area (Å²) in [6, 6.07) is 15.8. The molecule has 0 unspecified atom stereocenters. The summed E-state index contributed by atoms with van der Waals surface area (Å²) in [5, 5.41) is 5.56. The van der Waals surface area contributed by atoms with E-state index in [0.717, 1.165) is 21.8 Å². The van der Waals surface area contributed by atoms with E-state index in [-0.39, 0.29) is 5.91 Å². The highest BCUT2D eigenvalue weighted by Crippen LogP contribution is 2.24. The Bertz CT molecular complexity index is 806. The lowest BCUT2D eigenvalue weighted by atomic mass is 10.2. The van der Waals surface area contributed by atoms with Crippen LogP contribution in [0.2, 0.25) is 0 Å². The first kappa shape index (κ1) is 14.5. The summed E-state index contributed by atoms with van der Waals surface area (Å²) in [6.45, 7) is 4.01. The van der Waals surface area contributed by atoms with E-state index in [9.17, 15) is 4.79 Å². The first-order valence-corrected chi connectivity index (χ1v) is 7.91. The Hall–Kier alpha value is -2.46. The molecule has 0 aliphatic carbocycles. The van der Waals surface area contributed by atoms with Gasteiger partial charge >= 0.3 is 0 Å². The van der Waals surface area contributed by atoms with Crippen LogP contribution in [0, 0.1) is 13.8 Å². The zero-order chi connectivity index (χ0) is 15.5. The average molecular weight is 308 g/mol. The van der Waals surface area contributed by atoms with Crippen LogP contribution in [-0.2, 0) is 0 Å². The van der Waals surface area contributed by atoms with Gasteiger partial charge in [0.2, 0.25) is 0 Å². The van der Waals surface area contributed by atoms with Gasteiger partial charge in [-0.2, -0.15) is 0 Å². The molecular formula is C18H16N2OS. The molecule has 0 fully saturated rings. The van der Waals surface area contributed by atoms with E-state index in [1.54, 1.807) is 5.38 Å². The van der Waals surface area contributed by atoms with Gasteiger partial charge in [-0.25, -0.2) is 4.98 Å². The number of para-hydroxylation sites is 1. The number of thiazole rings is 1. The fourth-order valence-electron chi connectivity index (χ4n) is 2.11. The zero-order valence-corrected chi connectivity index (χ0v) is 13.3. The third-order valence-electron chi connectivity index (χ3n) is 3.43. The lowest BCUT2D eigenvalue weighted by Gasteiger charge is -2.06. The highest BCUT2D eigenvalue weighted by Gasteiger charge is 2.12. The first-order valence-electron chi connectivity index (χ1n) is 7.03. The molecule has 1 N–H and O–H groups in total. The van der Waals surface area contributed by atoms with E-state index < -0.39 is 0 Å². The third kappa shape index (κ3) is 3.07. The maximum atomic E-state index is 12.3. The maximum absolute atomic E-state index is 12.3. The number of anilines is 1. The number of nitrogens with one attached hydrogen (secondary N) is 1. The van der Waals surface area contributed by atoms with E-state index >= 15 is 0 Å². The highest BCUT2D eigenvalue weighted by molar-refractivity contribution is 7.13. The molecule has 3 rings (SSSR count). The molecule has 0 spiro atoms. The normalized spacial score (nSPS) is 10.5. The van der Waals surface area contributed by atoms with Crippen LogP contribution < -0.4 is 5.32 Å². The van der Waals surface area contributed by atoms with Crippen LogP contribution in [0.15, 0.2) is 53.9 Å². The van der Waals surface area contributed by atoms with Crippen molar-refractivity contribution in [1.29, 1.82) is 0 Å². The van der Waals surface area contributed by atoms with Gasteiger partial charge in [-0.15, -0.1) is 11.3 Å². The fraction of sp³-hybridized carbons (Fsp3) is 0.111. The summed E-state index contributed by atoms with van der Waals surface area (Å²) in [6.07, 6.45) is 0. The summed E-state index contributed by atoms with van der Waals surface area (Å²) < 4.78 is 0. The van der Waals surface area contributed by atoms with E-state index in [0.29, 0.717) is 5.69 Å². The molecule has 2 aromatic carbocycles. The van der Waals surface area contributed by atoms with E-state index in [4.69, 9.17) is 0 Å². The van der Waals surface area contributed by atoms with Crippen LogP contribution in [0.4, 0.5) is 5.69 Å². The van der Waals surface area contributed by atoms with Gasteiger partial charge in [-0.05, 0) is 25.5 Å². The number of nitrogens with zero attached hydrogens (tertiary/aromatic N) is 1. The molecule has 0 bridgehead atoms. The van der Waals surface area contributed by atoms with Gasteiger partial charge in [0.25, 0.3) is 5.91 Å². The zero-order valence-electron chi connectivity index (χ0n) is 12.5. The number of carbonyl (C=O) groups excluding carboxylic acids is 1. The van der Waals surface area contributed by atoms with Crippen LogP contribution >= 0.6 is 11.3 Å². The maximum Gasteiger partial charge on any atom is 0.275 e. The minimum absolute atomic E-state index is 0.177. The second-order valence-electron chi connectivity index (χ2n) is 5.17. The number of amides is 1. The second kappa shape index (κ2) is 6.12. The van der Waals surface area contributed by atoms with E-state index in [1.807, 2.05) is 62.4 Å². The monoisotopic (exact) mass is 308 g/mol. The number of hydrogen-bond acceptors (Lipinski definition) is 3. The number of rotatable bonds is 3. The summed E-state index contributed by atoms with van der Waals surface area (Å²) in [5.74, 6) is -0.177. The van der Waals surface area contributed by atoms with Gasteiger partial charge < -0.3 is 5.32 Å². The van der Waals surface area contributed by atoms with Crippen molar-refractivity contribution in [3.8, 4) is 10.6 Å². The standard InChI is InChI=1S/C18H16N2OS/c1-12-7-9-14(10-8-12)18-20-16(11-22-18)17(21)19-15-6-4-3-5-13(15)2/h3-11H,1-2H3,(H,19,21). The fourth-order valence-corrected chi connectivity index (χ4v) is 2.91. The Morgan fingerprint density at radius 2 is 1.77 bits per heavy atom. The summed E-state index contributed by atoms with van der Waals surface area (Å²) in [4.78, 5) is 16.7. The topological polar surface area (TPSA) is 42.0 Å². The summed E-state index contributed by atoms with van der Waals surface area (Å²) >= 11 is 1.48. The summed E-state index contributed by atoms with van der Waals surface area (Å²) in [5.41, 5.74) is 4.54. The number of hydrogen-bond donors (Lipinski definition) is 1. The average Bonchev–Trinajstić information content (AvgIpc) is 3.00. The third-order valence-corrected chi connectivity index (χ3v) is 4.32. The molecule has 0 aliphatic rings. The minimum atomic E-state index is -0.177. The van der Waals surface area contributed by atoms with Gasteiger partial charge in [-0.3, -0.25) is 4.79 Å². The lowest BCUT2D eigenvalue weighted by molar-refractivity contribution is 0.102. The van der Waals surface area contributed by atoms with Crippen molar-refractivity contribution in [2.45, 2.75) is 13.8 Å². The molecule has 1 amide bonds. The van der Waals surface area contributed by atoms with E-state index in [2.05, 4.69) is 10.3 Å². The van der Waals surface area contributed by atoms with Crippen molar-refractivity contribution < 1.29 is 4.79 Å². The van der Waals surface area contributed by atoms with Crippen LogP contribution in [0.3, 0.4) is 0 Å².